The smallest absolute Gasteiger partial charge is 0.459 e. The molecular formula is C11H21NW. The molecule has 1 nitrogen and oxygen atoms in total. The Labute approximate surface area is 97.5 Å². The van der Waals surface area contributed by atoms with Crippen LogP contribution in [0.25, 0.3) is 0 Å². The Hall–Kier alpha value is 0.648. The van der Waals surface area contributed by atoms with Gasteiger partial charge in [-0.2, -0.15) is 6.92 Å². The number of likely N-dealkylation sites (tertiary alicyclic amines) is 1. The Balaban J connectivity index is 0.000000451. The van der Waals surface area contributed by atoms with Gasteiger partial charge in [0.2, 0.25) is 0 Å². The minimum Gasteiger partial charge on any atom is -0.459 e. The minimum absolute atomic E-state index is 0. The van der Waals surface area contributed by atoms with Crippen molar-refractivity contribution in [3.63, 3.8) is 0 Å². The summed E-state index contributed by atoms with van der Waals surface area (Å²) in [6.07, 6.45) is 2.92. The number of hydrogen-bond donors (Lipinski definition) is 0. The van der Waals surface area contributed by atoms with Crippen LogP contribution in [0.3, 0.4) is 0 Å². The largest absolute Gasteiger partial charge is 2.00 e. The van der Waals surface area contributed by atoms with Crippen LogP contribution in [0.15, 0.2) is 0 Å². The fraction of sp³-hybridized carbons (Fsp3) is 0.818. The second-order valence-corrected chi connectivity index (χ2v) is 4.01. The van der Waals surface area contributed by atoms with Crippen LogP contribution in [0.4, 0.5) is 0 Å². The van der Waals surface area contributed by atoms with Crippen LogP contribution in [0.1, 0.15) is 26.7 Å². The molecule has 0 amide bonds. The number of rotatable bonds is 0. The molecule has 13 heavy (non-hydrogen) atoms. The van der Waals surface area contributed by atoms with Gasteiger partial charge < -0.3 is 11.8 Å². The van der Waals surface area contributed by atoms with E-state index >= 15 is 0 Å². The quantitative estimate of drug-likeness (QED) is 0.607. The number of nitrogens with zero attached hydrogens (tertiary/aromatic N) is 1. The summed E-state index contributed by atoms with van der Waals surface area (Å²) < 4.78 is 0. The first-order chi connectivity index (χ1) is 5.77. The van der Waals surface area contributed by atoms with E-state index in [0.717, 1.165) is 17.8 Å². The van der Waals surface area contributed by atoms with Gasteiger partial charge in [0.1, 0.15) is 0 Å². The summed E-state index contributed by atoms with van der Waals surface area (Å²) in [6.45, 7) is 9.91. The average Bonchev–Trinajstić information content (AvgIpc) is 2.58. The third kappa shape index (κ3) is 3.06. The van der Waals surface area contributed by atoms with E-state index in [0.29, 0.717) is 0 Å². The third-order valence-electron chi connectivity index (χ3n) is 3.29. The Kier molecular flexibility index (Phi) is 6.50. The first kappa shape index (κ1) is 13.6. The van der Waals surface area contributed by atoms with Crippen molar-refractivity contribution in [3.8, 4) is 0 Å². The van der Waals surface area contributed by atoms with Gasteiger partial charge in [-0.25, -0.2) is 0 Å². The van der Waals surface area contributed by atoms with E-state index in [9.17, 15) is 0 Å². The zero-order valence-corrected chi connectivity index (χ0v) is 11.8. The van der Waals surface area contributed by atoms with Crippen molar-refractivity contribution in [1.82, 2.24) is 4.90 Å². The third-order valence-corrected chi connectivity index (χ3v) is 3.29. The Morgan fingerprint density at radius 2 is 1.77 bits per heavy atom. The van der Waals surface area contributed by atoms with Crippen molar-refractivity contribution in [2.24, 2.45) is 17.8 Å². The van der Waals surface area contributed by atoms with Gasteiger partial charge in [0, 0.05) is 0 Å². The molecule has 2 fully saturated rings. The molecule has 1 saturated heterocycles. The zero-order chi connectivity index (χ0) is 9.14. The topological polar surface area (TPSA) is 3.24 Å². The SMILES string of the molecule is [CH2-]C.[CH2-]N1C[C@H]2CCC(C)[C@H]2C1.[W+2]. The van der Waals surface area contributed by atoms with Crippen molar-refractivity contribution in [2.75, 3.05) is 13.1 Å². The normalized spacial score (nSPS) is 37.4. The summed E-state index contributed by atoms with van der Waals surface area (Å²) >= 11 is 0. The van der Waals surface area contributed by atoms with Crippen molar-refractivity contribution in [3.05, 3.63) is 14.0 Å². The molecule has 0 aromatic carbocycles. The summed E-state index contributed by atoms with van der Waals surface area (Å²) in [5.41, 5.74) is 0. The van der Waals surface area contributed by atoms with Crippen molar-refractivity contribution < 1.29 is 21.1 Å². The van der Waals surface area contributed by atoms with Crippen LogP contribution in [-0.4, -0.2) is 18.0 Å². The maximum Gasteiger partial charge on any atom is 2.00 e. The van der Waals surface area contributed by atoms with E-state index in [2.05, 4.69) is 25.8 Å². The Bertz CT molecular complexity index is 138. The van der Waals surface area contributed by atoms with Gasteiger partial charge in [0.15, 0.2) is 0 Å². The van der Waals surface area contributed by atoms with E-state index < -0.39 is 0 Å². The standard InChI is InChI=1S/C9H16N.C2H5.W/c1-7-3-4-8-5-10(2)6-9(7)8;1-2;/h7-9H,2-6H2,1H3;1H2,2H3;/q2*-1;+2/t7?,8-,9-;;/m1../s1. The van der Waals surface area contributed by atoms with Crippen LogP contribution in [0, 0.1) is 31.7 Å². The minimum atomic E-state index is 0. The fourth-order valence-electron chi connectivity index (χ4n) is 2.63. The predicted octanol–water partition coefficient (Wildman–Crippen LogP) is 2.59. The molecule has 1 saturated carbocycles. The molecule has 1 aliphatic carbocycles. The molecule has 0 aromatic rings. The molecule has 0 aromatic heterocycles. The van der Waals surface area contributed by atoms with Crippen LogP contribution in [0.2, 0.25) is 0 Å². The Morgan fingerprint density at radius 3 is 2.31 bits per heavy atom. The first-order valence-electron chi connectivity index (χ1n) is 5.03. The van der Waals surface area contributed by atoms with E-state index in [4.69, 9.17) is 0 Å². The molecular weight excluding hydrogens is 330 g/mol. The summed E-state index contributed by atoms with van der Waals surface area (Å²) in [7, 11) is 3.99. The number of hydrogen-bond acceptors (Lipinski definition) is 1. The average molecular weight is 351 g/mol. The fourth-order valence-corrected chi connectivity index (χ4v) is 2.63. The molecule has 1 heterocycles. The van der Waals surface area contributed by atoms with Crippen molar-refractivity contribution in [2.45, 2.75) is 26.7 Å². The summed E-state index contributed by atoms with van der Waals surface area (Å²) in [5.74, 6) is 2.95. The van der Waals surface area contributed by atoms with Crippen LogP contribution < -0.4 is 0 Å². The molecule has 76 valence electrons. The monoisotopic (exact) mass is 351 g/mol. The second-order valence-electron chi connectivity index (χ2n) is 4.01. The molecule has 2 aliphatic rings. The van der Waals surface area contributed by atoms with Gasteiger partial charge >= 0.3 is 21.1 Å². The van der Waals surface area contributed by atoms with Gasteiger partial charge in [-0.3, -0.25) is 7.05 Å². The second kappa shape index (κ2) is 6.19. The van der Waals surface area contributed by atoms with Gasteiger partial charge in [-0.15, -0.1) is 0 Å². The molecule has 0 N–H and O–H groups in total. The molecule has 3 atom stereocenters. The van der Waals surface area contributed by atoms with Crippen LogP contribution in [0.5, 0.6) is 0 Å². The van der Waals surface area contributed by atoms with Crippen molar-refractivity contribution >= 4 is 0 Å². The molecule has 1 aliphatic heterocycles. The van der Waals surface area contributed by atoms with Crippen LogP contribution in [-0.2, 0) is 21.1 Å². The molecule has 2 heteroatoms. The predicted molar refractivity (Wildman–Crippen MR) is 53.3 cm³/mol. The van der Waals surface area contributed by atoms with E-state index in [1.54, 1.807) is 6.92 Å². The van der Waals surface area contributed by atoms with Gasteiger partial charge in [0.25, 0.3) is 0 Å². The van der Waals surface area contributed by atoms with Gasteiger partial charge in [-0.1, -0.05) is 13.3 Å². The maximum atomic E-state index is 3.99. The molecule has 1 unspecified atom stereocenters. The summed E-state index contributed by atoms with van der Waals surface area (Å²) in [6, 6.07) is 0. The van der Waals surface area contributed by atoms with Crippen molar-refractivity contribution in [1.29, 1.82) is 0 Å². The summed E-state index contributed by atoms with van der Waals surface area (Å²) in [4.78, 5) is 2.24. The maximum absolute atomic E-state index is 3.99. The molecule has 0 spiro atoms. The van der Waals surface area contributed by atoms with Gasteiger partial charge in [0.05, 0.1) is 0 Å². The van der Waals surface area contributed by atoms with E-state index in [-0.39, 0.29) is 21.1 Å². The summed E-state index contributed by atoms with van der Waals surface area (Å²) in [5, 5.41) is 0. The van der Waals surface area contributed by atoms with Crippen LogP contribution >= 0.6 is 0 Å². The first-order valence-corrected chi connectivity index (χ1v) is 5.03. The van der Waals surface area contributed by atoms with Gasteiger partial charge in [-0.05, 0) is 37.3 Å². The Morgan fingerprint density at radius 1 is 1.15 bits per heavy atom. The number of fused-ring (bicyclic) bond motifs is 1. The zero-order valence-electron chi connectivity index (χ0n) is 8.83. The molecule has 0 radical (unpaired) electrons. The van der Waals surface area contributed by atoms with E-state index in [1.165, 1.54) is 25.9 Å². The molecule has 2 rings (SSSR count). The molecule has 0 bridgehead atoms. The van der Waals surface area contributed by atoms with E-state index in [1.807, 2.05) is 0 Å².